The van der Waals surface area contributed by atoms with E-state index in [1.165, 1.54) is 29.2 Å². The summed E-state index contributed by atoms with van der Waals surface area (Å²) < 4.78 is 19.0. The van der Waals surface area contributed by atoms with Crippen molar-refractivity contribution in [2.45, 2.75) is 6.61 Å². The molecule has 1 aliphatic rings. The molecule has 1 aliphatic heterocycles. The number of carbonyl (C=O) groups is 3. The molecule has 0 aliphatic carbocycles. The lowest BCUT2D eigenvalue weighted by Crippen LogP contribution is -2.53. The standard InChI is InChI=1S/C21H21BrFN3O4/c1-30-13-16-17(22)3-2-4-18(16)24-19(27)21(29)26-11-9-25(10-12-26)20(28)14-5-7-15(23)8-6-14/h2-8H,9-13H2,1H3,(H,24,27). The molecule has 0 spiro atoms. The molecular weight excluding hydrogens is 457 g/mol. The van der Waals surface area contributed by atoms with E-state index in [0.29, 0.717) is 24.3 Å². The second-order valence-corrected chi connectivity index (χ2v) is 7.60. The molecule has 9 heteroatoms. The Morgan fingerprint density at radius 2 is 1.67 bits per heavy atom. The molecule has 1 N–H and O–H groups in total. The molecule has 0 bridgehead atoms. The van der Waals surface area contributed by atoms with Crippen molar-refractivity contribution in [2.75, 3.05) is 38.6 Å². The maximum Gasteiger partial charge on any atom is 0.313 e. The van der Waals surface area contributed by atoms with E-state index >= 15 is 0 Å². The molecule has 30 heavy (non-hydrogen) atoms. The van der Waals surface area contributed by atoms with Gasteiger partial charge in [-0.05, 0) is 36.4 Å². The molecule has 0 saturated carbocycles. The zero-order valence-electron chi connectivity index (χ0n) is 16.4. The molecule has 0 radical (unpaired) electrons. The van der Waals surface area contributed by atoms with Crippen molar-refractivity contribution in [1.29, 1.82) is 0 Å². The fraction of sp³-hybridized carbons (Fsp3) is 0.286. The summed E-state index contributed by atoms with van der Waals surface area (Å²) in [5.41, 5.74) is 1.61. The second-order valence-electron chi connectivity index (χ2n) is 6.74. The number of nitrogens with one attached hydrogen (secondary N) is 1. The average molecular weight is 478 g/mol. The number of halogens is 2. The SMILES string of the molecule is COCc1c(Br)cccc1NC(=O)C(=O)N1CCN(C(=O)c2ccc(F)cc2)CC1. The van der Waals surface area contributed by atoms with Crippen LogP contribution in [0.4, 0.5) is 10.1 Å². The van der Waals surface area contributed by atoms with Crippen molar-refractivity contribution < 1.29 is 23.5 Å². The monoisotopic (exact) mass is 477 g/mol. The minimum Gasteiger partial charge on any atom is -0.380 e. The van der Waals surface area contributed by atoms with Crippen LogP contribution in [-0.2, 0) is 20.9 Å². The van der Waals surface area contributed by atoms with Crippen molar-refractivity contribution in [1.82, 2.24) is 9.80 Å². The Labute approximate surface area is 181 Å². The second kappa shape index (κ2) is 9.82. The molecule has 0 atom stereocenters. The predicted octanol–water partition coefficient (Wildman–Crippen LogP) is 2.66. The van der Waals surface area contributed by atoms with E-state index in [1.54, 1.807) is 24.1 Å². The van der Waals surface area contributed by atoms with Crippen LogP contribution < -0.4 is 5.32 Å². The number of piperazine rings is 1. The lowest BCUT2D eigenvalue weighted by molar-refractivity contribution is -0.144. The Bertz CT molecular complexity index is 944. The highest BCUT2D eigenvalue weighted by atomic mass is 79.9. The van der Waals surface area contributed by atoms with Crippen LogP contribution in [0.15, 0.2) is 46.9 Å². The lowest BCUT2D eigenvalue weighted by Gasteiger charge is -2.34. The van der Waals surface area contributed by atoms with Gasteiger partial charge >= 0.3 is 11.8 Å². The summed E-state index contributed by atoms with van der Waals surface area (Å²) in [7, 11) is 1.54. The van der Waals surface area contributed by atoms with Crippen molar-refractivity contribution in [3.63, 3.8) is 0 Å². The largest absolute Gasteiger partial charge is 0.380 e. The summed E-state index contributed by atoms with van der Waals surface area (Å²) in [6.45, 7) is 1.34. The van der Waals surface area contributed by atoms with Gasteiger partial charge in [0.15, 0.2) is 0 Å². The van der Waals surface area contributed by atoms with E-state index in [4.69, 9.17) is 4.74 Å². The van der Waals surface area contributed by atoms with Gasteiger partial charge in [0.2, 0.25) is 0 Å². The Balaban J connectivity index is 1.59. The molecule has 2 aromatic carbocycles. The van der Waals surface area contributed by atoms with Crippen molar-refractivity contribution >= 4 is 39.3 Å². The molecule has 3 rings (SSSR count). The van der Waals surface area contributed by atoms with Crippen LogP contribution in [0.2, 0.25) is 0 Å². The first-order valence-corrected chi connectivity index (χ1v) is 10.1. The molecule has 0 unspecified atom stereocenters. The number of carbonyl (C=O) groups excluding carboxylic acids is 3. The molecule has 1 fully saturated rings. The predicted molar refractivity (Wildman–Crippen MR) is 112 cm³/mol. The van der Waals surface area contributed by atoms with Gasteiger partial charge < -0.3 is 19.9 Å². The van der Waals surface area contributed by atoms with Crippen molar-refractivity contribution in [2.24, 2.45) is 0 Å². The van der Waals surface area contributed by atoms with Crippen LogP contribution in [0.1, 0.15) is 15.9 Å². The van der Waals surface area contributed by atoms with Gasteiger partial charge in [-0.1, -0.05) is 22.0 Å². The third-order valence-corrected chi connectivity index (χ3v) is 5.54. The van der Waals surface area contributed by atoms with Gasteiger partial charge in [0, 0.05) is 54.6 Å². The normalized spacial score (nSPS) is 13.8. The first-order valence-electron chi connectivity index (χ1n) is 9.32. The lowest BCUT2D eigenvalue weighted by atomic mass is 10.1. The van der Waals surface area contributed by atoms with Gasteiger partial charge in [-0.2, -0.15) is 0 Å². The van der Waals surface area contributed by atoms with Gasteiger partial charge in [-0.15, -0.1) is 0 Å². The summed E-state index contributed by atoms with van der Waals surface area (Å²) in [6, 6.07) is 10.6. The summed E-state index contributed by atoms with van der Waals surface area (Å²) in [5, 5.41) is 2.64. The smallest absolute Gasteiger partial charge is 0.313 e. The summed E-state index contributed by atoms with van der Waals surface area (Å²) in [6.07, 6.45) is 0. The first-order chi connectivity index (χ1) is 14.4. The molecule has 3 amide bonds. The topological polar surface area (TPSA) is 79.0 Å². The highest BCUT2D eigenvalue weighted by Gasteiger charge is 2.28. The van der Waals surface area contributed by atoms with E-state index in [-0.39, 0.29) is 25.6 Å². The molecule has 2 aromatic rings. The van der Waals surface area contributed by atoms with Gasteiger partial charge in [-0.3, -0.25) is 14.4 Å². The Morgan fingerprint density at radius 1 is 1.03 bits per heavy atom. The van der Waals surface area contributed by atoms with Crippen LogP contribution in [0.3, 0.4) is 0 Å². The van der Waals surface area contributed by atoms with Crippen molar-refractivity contribution in [3.8, 4) is 0 Å². The first kappa shape index (κ1) is 21.9. The fourth-order valence-corrected chi connectivity index (χ4v) is 3.65. The average Bonchev–Trinajstić information content (AvgIpc) is 2.76. The quantitative estimate of drug-likeness (QED) is 0.686. The van der Waals surface area contributed by atoms with Crippen LogP contribution in [0, 0.1) is 5.82 Å². The number of hydrogen-bond acceptors (Lipinski definition) is 4. The van der Waals surface area contributed by atoms with Crippen LogP contribution in [-0.4, -0.2) is 60.8 Å². The van der Waals surface area contributed by atoms with Gasteiger partial charge in [-0.25, -0.2) is 4.39 Å². The highest BCUT2D eigenvalue weighted by molar-refractivity contribution is 9.10. The number of rotatable bonds is 4. The number of ether oxygens (including phenoxy) is 1. The van der Waals surface area contributed by atoms with Gasteiger partial charge in [0.1, 0.15) is 5.82 Å². The Hall–Kier alpha value is -2.78. The number of anilines is 1. The zero-order valence-corrected chi connectivity index (χ0v) is 17.9. The van der Waals surface area contributed by atoms with E-state index in [0.717, 1.165) is 10.0 Å². The fourth-order valence-electron chi connectivity index (χ4n) is 3.17. The van der Waals surface area contributed by atoms with Crippen LogP contribution in [0.5, 0.6) is 0 Å². The van der Waals surface area contributed by atoms with Gasteiger partial charge in [0.05, 0.1) is 6.61 Å². The summed E-state index contributed by atoms with van der Waals surface area (Å²) in [4.78, 5) is 40.5. The summed E-state index contributed by atoms with van der Waals surface area (Å²) >= 11 is 3.41. The van der Waals surface area contributed by atoms with Crippen molar-refractivity contribution in [3.05, 3.63) is 63.9 Å². The minimum atomic E-state index is -0.747. The molecule has 1 heterocycles. The maximum atomic E-state index is 13.0. The van der Waals surface area contributed by atoms with E-state index < -0.39 is 17.6 Å². The van der Waals surface area contributed by atoms with Crippen LogP contribution in [0.25, 0.3) is 0 Å². The van der Waals surface area contributed by atoms with E-state index in [1.807, 2.05) is 6.07 Å². The Kier molecular flexibility index (Phi) is 7.17. The molecular formula is C21H21BrFN3O4. The number of methoxy groups -OCH3 is 1. The number of amides is 3. The van der Waals surface area contributed by atoms with E-state index in [9.17, 15) is 18.8 Å². The number of benzene rings is 2. The molecule has 1 saturated heterocycles. The third-order valence-electron chi connectivity index (χ3n) is 4.80. The Morgan fingerprint density at radius 3 is 2.30 bits per heavy atom. The summed E-state index contributed by atoms with van der Waals surface area (Å²) in [5.74, 6) is -2.05. The third kappa shape index (κ3) is 5.03. The van der Waals surface area contributed by atoms with E-state index in [2.05, 4.69) is 21.2 Å². The number of hydrogen-bond donors (Lipinski definition) is 1. The molecule has 158 valence electrons. The minimum absolute atomic E-state index is 0.232. The highest BCUT2D eigenvalue weighted by Crippen LogP contribution is 2.25. The maximum absolute atomic E-state index is 13.0. The zero-order chi connectivity index (χ0) is 21.7. The van der Waals surface area contributed by atoms with Crippen LogP contribution >= 0.6 is 15.9 Å². The number of nitrogens with zero attached hydrogens (tertiary/aromatic N) is 2. The van der Waals surface area contributed by atoms with Gasteiger partial charge in [0.25, 0.3) is 5.91 Å². The molecule has 0 aromatic heterocycles. The molecule has 7 nitrogen and oxygen atoms in total.